The van der Waals surface area contributed by atoms with Crippen molar-refractivity contribution in [2.75, 3.05) is 21.3 Å². The van der Waals surface area contributed by atoms with Crippen LogP contribution in [0.4, 0.5) is 0 Å². The van der Waals surface area contributed by atoms with E-state index in [-0.39, 0.29) is 12.2 Å². The second-order valence-electron chi connectivity index (χ2n) is 4.96. The normalized spacial score (nSPS) is 12.2. The van der Waals surface area contributed by atoms with Crippen molar-refractivity contribution in [3.05, 3.63) is 34.2 Å². The molecule has 118 valence electrons. The molecule has 0 aliphatic heterocycles. The summed E-state index contributed by atoms with van der Waals surface area (Å²) < 4.78 is 15.8. The van der Waals surface area contributed by atoms with Crippen LogP contribution in [0.3, 0.4) is 0 Å². The fourth-order valence-corrected chi connectivity index (χ4v) is 2.30. The maximum atomic E-state index is 12.1. The predicted octanol–water partition coefficient (Wildman–Crippen LogP) is 1.53. The first kappa shape index (κ1) is 16.0. The fraction of sp³-hybridized carbons (Fsp3) is 0.375. The van der Waals surface area contributed by atoms with Crippen molar-refractivity contribution in [1.82, 2.24) is 5.32 Å². The Labute approximate surface area is 128 Å². The van der Waals surface area contributed by atoms with E-state index in [4.69, 9.17) is 13.9 Å². The van der Waals surface area contributed by atoms with Gasteiger partial charge < -0.3 is 19.2 Å². The van der Waals surface area contributed by atoms with Gasteiger partial charge in [-0.1, -0.05) is 0 Å². The Kier molecular flexibility index (Phi) is 4.82. The number of Topliss-reactive ketones (excluding diaryl/α,β-unsaturated/α-hetero) is 1. The summed E-state index contributed by atoms with van der Waals surface area (Å²) in [4.78, 5) is 23.6. The van der Waals surface area contributed by atoms with Crippen molar-refractivity contribution in [2.45, 2.75) is 19.4 Å². The van der Waals surface area contributed by atoms with Gasteiger partial charge in [-0.2, -0.15) is 0 Å². The van der Waals surface area contributed by atoms with Gasteiger partial charge in [0.25, 0.3) is 0 Å². The van der Waals surface area contributed by atoms with Crippen LogP contribution in [0.1, 0.15) is 12.5 Å². The summed E-state index contributed by atoms with van der Waals surface area (Å²) in [7, 11) is 4.74. The third-order valence-electron chi connectivity index (χ3n) is 3.57. The van der Waals surface area contributed by atoms with Gasteiger partial charge >= 0.3 is 5.63 Å². The van der Waals surface area contributed by atoms with E-state index in [1.165, 1.54) is 21.1 Å². The fourth-order valence-electron chi connectivity index (χ4n) is 2.30. The zero-order chi connectivity index (χ0) is 16.3. The van der Waals surface area contributed by atoms with Gasteiger partial charge in [0, 0.05) is 23.4 Å². The highest BCUT2D eigenvalue weighted by atomic mass is 16.5. The number of nitrogens with one attached hydrogen (secondary N) is 1. The minimum absolute atomic E-state index is 0.0330. The lowest BCUT2D eigenvalue weighted by Gasteiger charge is -2.13. The van der Waals surface area contributed by atoms with Gasteiger partial charge in [-0.05, 0) is 26.1 Å². The molecule has 0 aliphatic rings. The third-order valence-corrected chi connectivity index (χ3v) is 3.57. The highest BCUT2D eigenvalue weighted by Gasteiger charge is 2.17. The summed E-state index contributed by atoms with van der Waals surface area (Å²) >= 11 is 0. The largest absolute Gasteiger partial charge is 0.493 e. The van der Waals surface area contributed by atoms with Crippen molar-refractivity contribution in [1.29, 1.82) is 0 Å². The Morgan fingerprint density at radius 1 is 1.23 bits per heavy atom. The topological polar surface area (TPSA) is 77.8 Å². The minimum atomic E-state index is -0.457. The molecule has 6 nitrogen and oxygen atoms in total. The van der Waals surface area contributed by atoms with E-state index < -0.39 is 11.7 Å². The lowest BCUT2D eigenvalue weighted by molar-refractivity contribution is -0.118. The number of methoxy groups -OCH3 is 2. The Balaban J connectivity index is 2.52. The Bertz CT molecular complexity index is 750. The molecule has 0 saturated carbocycles. The van der Waals surface area contributed by atoms with E-state index in [9.17, 15) is 9.59 Å². The third kappa shape index (κ3) is 3.12. The van der Waals surface area contributed by atoms with Crippen molar-refractivity contribution in [2.24, 2.45) is 0 Å². The monoisotopic (exact) mass is 305 g/mol. The van der Waals surface area contributed by atoms with Gasteiger partial charge in [0.15, 0.2) is 11.5 Å². The first-order valence-electron chi connectivity index (χ1n) is 6.86. The number of fused-ring (bicyclic) bond motifs is 1. The predicted molar refractivity (Wildman–Crippen MR) is 82.8 cm³/mol. The van der Waals surface area contributed by atoms with Crippen molar-refractivity contribution >= 4 is 16.8 Å². The van der Waals surface area contributed by atoms with E-state index in [1.54, 1.807) is 25.2 Å². The molecule has 0 aliphatic carbocycles. The lowest BCUT2D eigenvalue weighted by Crippen LogP contribution is -2.35. The first-order valence-corrected chi connectivity index (χ1v) is 6.86. The molecular formula is C16H19NO5. The molecule has 2 rings (SSSR count). The van der Waals surface area contributed by atoms with Crippen LogP contribution in [0.2, 0.25) is 0 Å². The summed E-state index contributed by atoms with van der Waals surface area (Å²) in [6.45, 7) is 1.48. The van der Waals surface area contributed by atoms with Crippen LogP contribution < -0.4 is 20.4 Å². The molecule has 1 N–H and O–H groups in total. The van der Waals surface area contributed by atoms with Crippen molar-refractivity contribution < 1.29 is 18.7 Å². The second-order valence-corrected chi connectivity index (χ2v) is 4.96. The Hall–Kier alpha value is -2.34. The van der Waals surface area contributed by atoms with Crippen LogP contribution in [0, 0.1) is 0 Å². The number of ether oxygens (including phenoxy) is 2. The number of benzene rings is 1. The minimum Gasteiger partial charge on any atom is -0.493 e. The average Bonchev–Trinajstić information content (AvgIpc) is 2.51. The van der Waals surface area contributed by atoms with E-state index in [0.29, 0.717) is 28.0 Å². The van der Waals surface area contributed by atoms with E-state index >= 15 is 0 Å². The van der Waals surface area contributed by atoms with Crippen molar-refractivity contribution in [3.8, 4) is 11.5 Å². The van der Waals surface area contributed by atoms with Gasteiger partial charge in [0.05, 0.1) is 20.3 Å². The maximum absolute atomic E-state index is 12.1. The molecule has 1 atom stereocenters. The molecule has 22 heavy (non-hydrogen) atoms. The number of carbonyl (C=O) groups is 1. The summed E-state index contributed by atoms with van der Waals surface area (Å²) in [6, 6.07) is 4.65. The standard InChI is InChI=1S/C16H19NO5/c1-9(18)12(17-2)6-11-5-10-7-14(20-3)15(21-4)8-13(10)22-16(11)19/h5,7-8,12,17H,6H2,1-4H3/t12-/m0/s1. The molecule has 2 aromatic rings. The van der Waals surface area contributed by atoms with Crippen molar-refractivity contribution in [3.63, 3.8) is 0 Å². The van der Waals surface area contributed by atoms with Crippen LogP contribution in [0.5, 0.6) is 11.5 Å². The van der Waals surface area contributed by atoms with Crippen LogP contribution in [-0.4, -0.2) is 33.1 Å². The molecule has 1 aromatic heterocycles. The lowest BCUT2D eigenvalue weighted by atomic mass is 10.0. The van der Waals surface area contributed by atoms with Crippen LogP contribution in [0.25, 0.3) is 11.0 Å². The number of carbonyl (C=O) groups excluding carboxylic acids is 1. The molecule has 0 fully saturated rings. The number of hydrogen-bond acceptors (Lipinski definition) is 6. The Morgan fingerprint density at radius 3 is 2.41 bits per heavy atom. The molecule has 0 saturated heterocycles. The number of rotatable bonds is 6. The molecular weight excluding hydrogens is 286 g/mol. The van der Waals surface area contributed by atoms with E-state index in [1.807, 2.05) is 0 Å². The van der Waals surface area contributed by atoms with E-state index in [0.717, 1.165) is 0 Å². The van der Waals surface area contributed by atoms with Gasteiger partial charge in [0.2, 0.25) is 0 Å². The van der Waals surface area contributed by atoms with Gasteiger partial charge in [0.1, 0.15) is 11.4 Å². The van der Waals surface area contributed by atoms with Crippen LogP contribution in [0.15, 0.2) is 27.4 Å². The van der Waals surface area contributed by atoms with E-state index in [2.05, 4.69) is 5.32 Å². The molecule has 0 unspecified atom stereocenters. The molecule has 0 amide bonds. The number of hydrogen-bond donors (Lipinski definition) is 1. The van der Waals surface area contributed by atoms with Gasteiger partial charge in [-0.25, -0.2) is 4.79 Å². The average molecular weight is 305 g/mol. The molecule has 0 radical (unpaired) electrons. The summed E-state index contributed by atoms with van der Waals surface area (Å²) in [5.41, 5.74) is 0.394. The number of ketones is 1. The highest BCUT2D eigenvalue weighted by molar-refractivity contribution is 5.83. The summed E-state index contributed by atoms with van der Waals surface area (Å²) in [6.07, 6.45) is 0.276. The number of likely N-dealkylation sites (N-methyl/N-ethyl adjacent to an activating group) is 1. The zero-order valence-electron chi connectivity index (χ0n) is 13.1. The smallest absolute Gasteiger partial charge is 0.339 e. The molecule has 1 aromatic carbocycles. The first-order chi connectivity index (χ1) is 10.5. The van der Waals surface area contributed by atoms with Gasteiger partial charge in [-0.15, -0.1) is 0 Å². The Morgan fingerprint density at radius 2 is 1.86 bits per heavy atom. The van der Waals surface area contributed by atoms with Gasteiger partial charge in [-0.3, -0.25) is 4.79 Å². The zero-order valence-corrected chi connectivity index (χ0v) is 13.1. The molecule has 0 spiro atoms. The summed E-state index contributed by atoms with van der Waals surface area (Å²) in [5, 5.41) is 3.60. The quantitative estimate of drug-likeness (QED) is 0.816. The second kappa shape index (κ2) is 6.62. The molecule has 6 heteroatoms. The summed E-state index contributed by atoms with van der Waals surface area (Å²) in [5.74, 6) is 1.00. The maximum Gasteiger partial charge on any atom is 0.339 e. The molecule has 0 bridgehead atoms. The van der Waals surface area contributed by atoms with Crippen LogP contribution in [-0.2, 0) is 11.2 Å². The highest BCUT2D eigenvalue weighted by Crippen LogP contribution is 2.31. The SMILES string of the molecule is CN[C@@H](Cc1cc2cc(OC)c(OC)cc2oc1=O)C(C)=O. The molecule has 1 heterocycles. The van der Waals surface area contributed by atoms with Crippen LogP contribution >= 0.6 is 0 Å².